The molecule has 2 aliphatic rings. The molecule has 52 heavy (non-hydrogen) atoms. The van der Waals surface area contributed by atoms with E-state index in [1.54, 1.807) is 78.3 Å². The van der Waals surface area contributed by atoms with Gasteiger partial charge in [0.15, 0.2) is 17.2 Å². The number of fused-ring (bicyclic) bond motifs is 5. The van der Waals surface area contributed by atoms with Gasteiger partial charge in [-0.3, -0.25) is 14.0 Å². The molecule has 0 unspecified atom stereocenters. The molecule has 0 saturated heterocycles. The molecule has 16 heteroatoms. The summed E-state index contributed by atoms with van der Waals surface area (Å²) in [6, 6.07) is 8.34. The number of nitrogens with one attached hydrogen (secondary N) is 1. The van der Waals surface area contributed by atoms with Gasteiger partial charge in [0, 0.05) is 24.1 Å². The average molecular weight is 710 g/mol. The molecule has 1 N–H and O–H groups in total. The molecule has 1 saturated carbocycles. The van der Waals surface area contributed by atoms with Crippen LogP contribution >= 0.6 is 0 Å². The van der Waals surface area contributed by atoms with Crippen LogP contribution in [0.25, 0.3) is 38.8 Å². The Kier molecular flexibility index (Phi) is 7.74. The van der Waals surface area contributed by atoms with Crippen molar-refractivity contribution >= 4 is 23.0 Å². The Bertz CT molecular complexity index is 2390. The summed E-state index contributed by atoms with van der Waals surface area (Å²) in [6.45, 7) is 11.3. The highest BCUT2D eigenvalue weighted by molar-refractivity contribution is 5.94. The van der Waals surface area contributed by atoms with E-state index in [2.05, 4.69) is 31.6 Å². The quantitative estimate of drug-likeness (QED) is 0.233. The molecule has 1 aliphatic carbocycles. The van der Waals surface area contributed by atoms with E-state index in [1.807, 2.05) is 0 Å². The number of benzene rings is 2. The van der Waals surface area contributed by atoms with Gasteiger partial charge in [-0.25, -0.2) is 24.0 Å². The third-order valence-electron chi connectivity index (χ3n) is 8.69. The van der Waals surface area contributed by atoms with Gasteiger partial charge in [-0.05, 0) is 79.0 Å². The van der Waals surface area contributed by atoms with E-state index in [9.17, 15) is 19.6 Å². The zero-order chi connectivity index (χ0) is 37.5. The van der Waals surface area contributed by atoms with Gasteiger partial charge in [-0.15, -0.1) is 10.2 Å². The standard InChI is InChI=1S/C36H36FN9O6/c1-18-40-43-31-36(11-12-36)50-29-22(15-38)27(24(37)14-26(29)46(18)31)28-23(16-39-44(28)8)19-9-10-20-21(13-19)25(41-42-30(20)47)17-45(32(48)51-34(2,3)4)33(49)52-35(5,6)7/h9-10,13-14,16H,11-12,17H2,1-8H3,(H,42,47). The highest BCUT2D eigenvalue weighted by Crippen LogP contribution is 2.55. The second-order valence-corrected chi connectivity index (χ2v) is 14.9. The van der Waals surface area contributed by atoms with Gasteiger partial charge in [-0.1, -0.05) is 6.07 Å². The number of imide groups is 1. The Balaban J connectivity index is 1.36. The number of carbonyl (C=O) groups excluding carboxylic acids is 2. The molecule has 2 aromatic carbocycles. The third kappa shape index (κ3) is 5.81. The summed E-state index contributed by atoms with van der Waals surface area (Å²) in [4.78, 5) is 40.4. The fourth-order valence-corrected chi connectivity index (χ4v) is 6.29. The van der Waals surface area contributed by atoms with Crippen LogP contribution in [0.2, 0.25) is 0 Å². The van der Waals surface area contributed by atoms with Crippen LogP contribution in [-0.2, 0) is 28.7 Å². The number of nitrogens with zero attached hydrogens (tertiary/aromatic N) is 8. The van der Waals surface area contributed by atoms with E-state index in [4.69, 9.17) is 14.2 Å². The lowest BCUT2D eigenvalue weighted by Crippen LogP contribution is -2.43. The maximum atomic E-state index is 16.5. The molecular formula is C36H36FN9O6. The summed E-state index contributed by atoms with van der Waals surface area (Å²) in [5.74, 6) is 0.636. The number of halogens is 1. The first-order valence-corrected chi connectivity index (χ1v) is 16.6. The van der Waals surface area contributed by atoms with E-state index >= 15 is 4.39 Å². The van der Waals surface area contributed by atoms with E-state index in [1.165, 1.54) is 16.9 Å². The van der Waals surface area contributed by atoms with Crippen molar-refractivity contribution in [3.8, 4) is 39.9 Å². The van der Waals surface area contributed by atoms with Gasteiger partial charge in [0.25, 0.3) is 5.56 Å². The van der Waals surface area contributed by atoms with Crippen molar-refractivity contribution in [1.82, 2.24) is 39.6 Å². The van der Waals surface area contributed by atoms with Crippen molar-refractivity contribution in [2.45, 2.75) is 84.7 Å². The predicted molar refractivity (Wildman–Crippen MR) is 184 cm³/mol. The smallest absolute Gasteiger partial charge is 0.420 e. The lowest BCUT2D eigenvalue weighted by Gasteiger charge is -2.28. The number of hydrogen-bond acceptors (Lipinski definition) is 11. The first-order valence-electron chi connectivity index (χ1n) is 16.6. The molecule has 15 nitrogen and oxygen atoms in total. The Morgan fingerprint density at radius 1 is 1.08 bits per heavy atom. The van der Waals surface area contributed by atoms with Gasteiger partial charge in [0.1, 0.15) is 34.5 Å². The molecule has 3 aromatic heterocycles. The number of aromatic amines is 1. The molecule has 4 heterocycles. The van der Waals surface area contributed by atoms with Crippen LogP contribution in [0, 0.1) is 24.1 Å². The molecule has 7 rings (SSSR count). The van der Waals surface area contributed by atoms with Crippen molar-refractivity contribution in [3.63, 3.8) is 0 Å². The zero-order valence-corrected chi connectivity index (χ0v) is 29.9. The minimum absolute atomic E-state index is 0.0187. The number of carbonyl (C=O) groups is 2. The number of ether oxygens (including phenoxy) is 3. The molecule has 0 bridgehead atoms. The molecule has 5 aromatic rings. The first kappa shape index (κ1) is 34.3. The Morgan fingerprint density at radius 2 is 1.75 bits per heavy atom. The van der Waals surface area contributed by atoms with Crippen LogP contribution in [0.3, 0.4) is 0 Å². The molecular weight excluding hydrogens is 673 g/mol. The van der Waals surface area contributed by atoms with Crippen LogP contribution in [-0.4, -0.2) is 63.0 Å². The number of aryl methyl sites for hydroxylation is 2. The maximum absolute atomic E-state index is 16.5. The van der Waals surface area contributed by atoms with Gasteiger partial charge >= 0.3 is 12.2 Å². The highest BCUT2D eigenvalue weighted by atomic mass is 19.1. The number of H-pyrrole nitrogens is 1. The van der Waals surface area contributed by atoms with Crippen LogP contribution in [0.5, 0.6) is 5.75 Å². The minimum atomic E-state index is -0.968. The van der Waals surface area contributed by atoms with Crippen molar-refractivity contribution < 1.29 is 28.2 Å². The lowest BCUT2D eigenvalue weighted by atomic mass is 9.94. The molecule has 1 fully saturated rings. The number of aromatic nitrogens is 7. The van der Waals surface area contributed by atoms with Gasteiger partial charge < -0.3 is 14.2 Å². The molecule has 0 atom stereocenters. The SMILES string of the molecule is Cc1nnc2n1-c1cc(F)c(-c3c(-c4ccc5c(=O)[nH]nc(CN(C(=O)OC(C)(C)C)C(=O)OC(C)(C)C)c5c4)cnn3C)c(C#N)c1OC21CC1. The fraction of sp³-hybridized carbons (Fsp3) is 0.389. The summed E-state index contributed by atoms with van der Waals surface area (Å²) in [7, 11) is 1.63. The van der Waals surface area contributed by atoms with Crippen molar-refractivity contribution in [2.24, 2.45) is 7.05 Å². The second-order valence-electron chi connectivity index (χ2n) is 14.9. The number of nitriles is 1. The van der Waals surface area contributed by atoms with Gasteiger partial charge in [-0.2, -0.15) is 15.5 Å². The Morgan fingerprint density at radius 3 is 2.37 bits per heavy atom. The second kappa shape index (κ2) is 11.7. The summed E-state index contributed by atoms with van der Waals surface area (Å²) < 4.78 is 37.1. The van der Waals surface area contributed by atoms with E-state index in [0.717, 1.165) is 4.90 Å². The summed E-state index contributed by atoms with van der Waals surface area (Å²) >= 11 is 0. The lowest BCUT2D eigenvalue weighted by molar-refractivity contribution is -0.000439. The van der Waals surface area contributed by atoms with Gasteiger partial charge in [0.2, 0.25) is 0 Å². The Hall–Kier alpha value is -6.11. The normalized spacial score (nSPS) is 14.3. The first-order chi connectivity index (χ1) is 24.4. The fourth-order valence-electron chi connectivity index (χ4n) is 6.29. The number of amides is 2. The van der Waals surface area contributed by atoms with Crippen LogP contribution in [0.4, 0.5) is 14.0 Å². The number of rotatable bonds is 4. The summed E-state index contributed by atoms with van der Waals surface area (Å²) in [6.07, 6.45) is 0.931. The topological polar surface area (TPSA) is 183 Å². The molecule has 268 valence electrons. The molecule has 1 spiro atoms. The van der Waals surface area contributed by atoms with E-state index in [0.29, 0.717) is 46.7 Å². The van der Waals surface area contributed by atoms with Crippen molar-refractivity contribution in [2.75, 3.05) is 0 Å². The molecule has 1 aliphatic heterocycles. The van der Waals surface area contributed by atoms with Crippen molar-refractivity contribution in [3.05, 3.63) is 69.5 Å². The van der Waals surface area contributed by atoms with Crippen LogP contribution in [0.1, 0.15) is 77.3 Å². The van der Waals surface area contributed by atoms with E-state index in [-0.39, 0.29) is 33.7 Å². The van der Waals surface area contributed by atoms with Crippen LogP contribution < -0.4 is 10.3 Å². The third-order valence-corrected chi connectivity index (χ3v) is 8.69. The molecule has 0 radical (unpaired) electrons. The average Bonchev–Trinajstić information content (AvgIpc) is 3.54. The monoisotopic (exact) mass is 709 g/mol. The predicted octanol–water partition coefficient (Wildman–Crippen LogP) is 5.94. The van der Waals surface area contributed by atoms with Crippen LogP contribution in [0.15, 0.2) is 35.3 Å². The maximum Gasteiger partial charge on any atom is 0.420 e. The highest BCUT2D eigenvalue weighted by Gasteiger charge is 2.55. The Labute approximate surface area is 296 Å². The molecule has 2 amide bonds. The minimum Gasteiger partial charge on any atom is -0.476 e. The van der Waals surface area contributed by atoms with Crippen molar-refractivity contribution in [1.29, 1.82) is 5.26 Å². The number of hydrogen-bond donors (Lipinski definition) is 1. The summed E-state index contributed by atoms with van der Waals surface area (Å²) in [5, 5.41) is 30.6. The largest absolute Gasteiger partial charge is 0.476 e. The van der Waals surface area contributed by atoms with Gasteiger partial charge in [0.05, 0.1) is 40.8 Å². The van der Waals surface area contributed by atoms with E-state index < -0.39 is 46.9 Å². The zero-order valence-electron chi connectivity index (χ0n) is 29.9. The summed E-state index contributed by atoms with van der Waals surface area (Å²) in [5.41, 5.74) is -1.49.